The van der Waals surface area contributed by atoms with E-state index >= 15 is 0 Å². The third-order valence-electron chi connectivity index (χ3n) is 3.84. The first-order chi connectivity index (χ1) is 10.1. The Morgan fingerprint density at radius 1 is 1.52 bits per heavy atom. The second-order valence-electron chi connectivity index (χ2n) is 5.49. The molecule has 1 aliphatic rings. The van der Waals surface area contributed by atoms with Gasteiger partial charge >= 0.3 is 0 Å². The quantitative estimate of drug-likeness (QED) is 0.909. The summed E-state index contributed by atoms with van der Waals surface area (Å²) in [6.07, 6.45) is 2.44. The zero-order valence-corrected chi connectivity index (χ0v) is 13.5. The van der Waals surface area contributed by atoms with Gasteiger partial charge in [0.15, 0.2) is 0 Å². The van der Waals surface area contributed by atoms with E-state index in [1.165, 1.54) is 11.3 Å². The molecule has 6 heteroatoms. The van der Waals surface area contributed by atoms with Crippen LogP contribution >= 0.6 is 22.7 Å². The largest absolute Gasteiger partial charge is 0.393 e. The zero-order valence-electron chi connectivity index (χ0n) is 11.8. The van der Waals surface area contributed by atoms with E-state index in [4.69, 9.17) is 0 Å². The van der Waals surface area contributed by atoms with E-state index in [1.807, 2.05) is 23.8 Å². The number of aryl methyl sites for hydroxylation is 1. The lowest BCUT2D eigenvalue weighted by Crippen LogP contribution is -2.28. The van der Waals surface area contributed by atoms with Crippen molar-refractivity contribution in [1.82, 2.24) is 10.3 Å². The standard InChI is InChI=1S/C15H18N2O2S2/c1-9-13(21-15(17-9)11-4-5-20-8-11)14(19)16-7-10-2-3-12(18)6-10/h4-5,8,10,12,18H,2-3,6-7H2,1H3,(H,16,19). The van der Waals surface area contributed by atoms with Gasteiger partial charge in [-0.15, -0.1) is 11.3 Å². The summed E-state index contributed by atoms with van der Waals surface area (Å²) in [6.45, 7) is 2.52. The van der Waals surface area contributed by atoms with E-state index in [0.717, 1.165) is 35.5 Å². The molecule has 112 valence electrons. The van der Waals surface area contributed by atoms with Crippen LogP contribution in [0.3, 0.4) is 0 Å². The Bertz CT molecular complexity index is 622. The van der Waals surface area contributed by atoms with Gasteiger partial charge in [-0.2, -0.15) is 11.3 Å². The van der Waals surface area contributed by atoms with Gasteiger partial charge in [-0.05, 0) is 43.6 Å². The summed E-state index contributed by atoms with van der Waals surface area (Å²) >= 11 is 3.07. The lowest BCUT2D eigenvalue weighted by molar-refractivity contribution is 0.0948. The SMILES string of the molecule is Cc1nc(-c2ccsc2)sc1C(=O)NCC1CCC(O)C1. The van der Waals surface area contributed by atoms with Crippen molar-refractivity contribution in [2.24, 2.45) is 5.92 Å². The number of carbonyl (C=O) groups is 1. The van der Waals surface area contributed by atoms with Crippen molar-refractivity contribution in [1.29, 1.82) is 0 Å². The number of thiazole rings is 1. The number of rotatable bonds is 4. The van der Waals surface area contributed by atoms with E-state index in [1.54, 1.807) is 11.3 Å². The highest BCUT2D eigenvalue weighted by Gasteiger charge is 2.24. The fourth-order valence-electron chi connectivity index (χ4n) is 2.67. The van der Waals surface area contributed by atoms with Gasteiger partial charge in [0.2, 0.25) is 0 Å². The Kier molecular flexibility index (Phi) is 4.37. The van der Waals surface area contributed by atoms with Gasteiger partial charge in [-0.1, -0.05) is 0 Å². The van der Waals surface area contributed by atoms with Gasteiger partial charge in [0.1, 0.15) is 9.88 Å². The van der Waals surface area contributed by atoms with Crippen molar-refractivity contribution in [2.75, 3.05) is 6.54 Å². The van der Waals surface area contributed by atoms with Crippen molar-refractivity contribution in [3.05, 3.63) is 27.4 Å². The lowest BCUT2D eigenvalue weighted by Gasteiger charge is -2.10. The van der Waals surface area contributed by atoms with E-state index in [0.29, 0.717) is 17.3 Å². The van der Waals surface area contributed by atoms with Crippen LogP contribution in [0.1, 0.15) is 34.6 Å². The van der Waals surface area contributed by atoms with E-state index in [9.17, 15) is 9.90 Å². The first-order valence-corrected chi connectivity index (χ1v) is 8.85. The lowest BCUT2D eigenvalue weighted by atomic mass is 10.1. The molecular weight excluding hydrogens is 304 g/mol. The summed E-state index contributed by atoms with van der Waals surface area (Å²) in [6, 6.07) is 2.02. The molecule has 0 spiro atoms. The van der Waals surface area contributed by atoms with Crippen molar-refractivity contribution in [3.63, 3.8) is 0 Å². The summed E-state index contributed by atoms with van der Waals surface area (Å²) in [5.41, 5.74) is 1.86. The minimum absolute atomic E-state index is 0.0483. The molecule has 0 radical (unpaired) electrons. The molecule has 1 fully saturated rings. The fraction of sp³-hybridized carbons (Fsp3) is 0.467. The molecular formula is C15H18N2O2S2. The number of nitrogens with one attached hydrogen (secondary N) is 1. The second-order valence-corrected chi connectivity index (χ2v) is 7.27. The molecule has 21 heavy (non-hydrogen) atoms. The highest BCUT2D eigenvalue weighted by Crippen LogP contribution is 2.29. The van der Waals surface area contributed by atoms with Crippen molar-refractivity contribution in [3.8, 4) is 10.6 Å². The number of aromatic nitrogens is 1. The third-order valence-corrected chi connectivity index (χ3v) is 5.72. The van der Waals surface area contributed by atoms with Crippen molar-refractivity contribution < 1.29 is 9.90 Å². The van der Waals surface area contributed by atoms with Gasteiger partial charge in [-0.3, -0.25) is 4.79 Å². The Morgan fingerprint density at radius 3 is 3.05 bits per heavy atom. The van der Waals surface area contributed by atoms with Crippen LogP contribution in [0.25, 0.3) is 10.6 Å². The summed E-state index contributed by atoms with van der Waals surface area (Å²) < 4.78 is 0. The summed E-state index contributed by atoms with van der Waals surface area (Å²) in [4.78, 5) is 17.5. The highest BCUT2D eigenvalue weighted by atomic mass is 32.1. The van der Waals surface area contributed by atoms with Gasteiger partial charge < -0.3 is 10.4 Å². The smallest absolute Gasteiger partial charge is 0.263 e. The summed E-state index contributed by atoms with van der Waals surface area (Å²) in [5, 5.41) is 17.5. The molecule has 0 aliphatic heterocycles. The number of nitrogens with zero attached hydrogens (tertiary/aromatic N) is 1. The molecule has 2 N–H and O–H groups in total. The van der Waals surface area contributed by atoms with Gasteiger partial charge in [0.25, 0.3) is 5.91 Å². The van der Waals surface area contributed by atoms with E-state index in [-0.39, 0.29) is 12.0 Å². The zero-order chi connectivity index (χ0) is 14.8. The van der Waals surface area contributed by atoms with Gasteiger partial charge in [0, 0.05) is 17.5 Å². The molecule has 2 aromatic rings. The third kappa shape index (κ3) is 3.33. The number of amides is 1. The highest BCUT2D eigenvalue weighted by molar-refractivity contribution is 7.17. The second kappa shape index (κ2) is 6.25. The van der Waals surface area contributed by atoms with Gasteiger partial charge in [0.05, 0.1) is 11.8 Å². The van der Waals surface area contributed by atoms with Crippen LogP contribution in [0.4, 0.5) is 0 Å². The summed E-state index contributed by atoms with van der Waals surface area (Å²) in [5.74, 6) is 0.349. The van der Waals surface area contributed by atoms with Crippen LogP contribution in [0.2, 0.25) is 0 Å². The molecule has 2 aromatic heterocycles. The molecule has 3 rings (SSSR count). The molecule has 1 saturated carbocycles. The molecule has 1 aliphatic carbocycles. The molecule has 0 bridgehead atoms. The van der Waals surface area contributed by atoms with Gasteiger partial charge in [-0.25, -0.2) is 4.98 Å². The Labute approximate surface area is 131 Å². The number of carbonyl (C=O) groups excluding carboxylic acids is 1. The number of hydrogen-bond acceptors (Lipinski definition) is 5. The first kappa shape index (κ1) is 14.7. The fourth-order valence-corrected chi connectivity index (χ4v) is 4.36. The Balaban J connectivity index is 1.65. The molecule has 0 saturated heterocycles. The van der Waals surface area contributed by atoms with Crippen LogP contribution in [0.5, 0.6) is 0 Å². The van der Waals surface area contributed by atoms with Crippen LogP contribution in [0.15, 0.2) is 16.8 Å². The van der Waals surface area contributed by atoms with Crippen molar-refractivity contribution in [2.45, 2.75) is 32.3 Å². The van der Waals surface area contributed by atoms with Crippen molar-refractivity contribution >= 4 is 28.6 Å². The van der Waals surface area contributed by atoms with Crippen LogP contribution in [0, 0.1) is 12.8 Å². The van der Waals surface area contributed by atoms with E-state index in [2.05, 4.69) is 10.3 Å². The molecule has 0 aromatic carbocycles. The maximum Gasteiger partial charge on any atom is 0.263 e. The Hall–Kier alpha value is -1.24. The minimum atomic E-state index is -0.192. The average molecular weight is 322 g/mol. The number of hydrogen-bond donors (Lipinski definition) is 2. The maximum atomic E-state index is 12.3. The van der Waals surface area contributed by atoms with Crippen LogP contribution in [-0.4, -0.2) is 28.6 Å². The number of aliphatic hydroxyl groups is 1. The van der Waals surface area contributed by atoms with E-state index < -0.39 is 0 Å². The monoisotopic (exact) mass is 322 g/mol. The van der Waals surface area contributed by atoms with Crippen LogP contribution in [-0.2, 0) is 0 Å². The number of thiophene rings is 1. The first-order valence-electron chi connectivity index (χ1n) is 7.09. The Morgan fingerprint density at radius 2 is 2.38 bits per heavy atom. The normalized spacial score (nSPS) is 21.6. The molecule has 4 nitrogen and oxygen atoms in total. The maximum absolute atomic E-state index is 12.3. The molecule has 1 amide bonds. The molecule has 2 heterocycles. The summed E-state index contributed by atoms with van der Waals surface area (Å²) in [7, 11) is 0. The predicted octanol–water partition coefficient (Wildman–Crippen LogP) is 3.07. The molecule has 2 atom stereocenters. The predicted molar refractivity (Wildman–Crippen MR) is 85.8 cm³/mol. The molecule has 2 unspecified atom stereocenters. The topological polar surface area (TPSA) is 62.2 Å². The number of aliphatic hydroxyl groups excluding tert-OH is 1. The average Bonchev–Trinajstić information content (AvgIpc) is 3.16. The minimum Gasteiger partial charge on any atom is -0.393 e. The van der Waals surface area contributed by atoms with Crippen LogP contribution < -0.4 is 5.32 Å².